The predicted molar refractivity (Wildman–Crippen MR) is 81.4 cm³/mol. The highest BCUT2D eigenvalue weighted by molar-refractivity contribution is 5.77. The zero-order valence-electron chi connectivity index (χ0n) is 13.0. The molecular weight excluding hydrogens is 302 g/mol. The summed E-state index contributed by atoms with van der Waals surface area (Å²) in [5.74, 6) is -1.19. The number of piperidine rings is 1. The zero-order chi connectivity index (χ0) is 16.4. The highest BCUT2D eigenvalue weighted by atomic mass is 19.1. The highest BCUT2D eigenvalue weighted by Gasteiger charge is 2.39. The summed E-state index contributed by atoms with van der Waals surface area (Å²) in [7, 11) is 0. The van der Waals surface area contributed by atoms with E-state index in [4.69, 9.17) is 10.5 Å². The van der Waals surface area contributed by atoms with E-state index in [1.807, 2.05) is 0 Å². The van der Waals surface area contributed by atoms with Crippen molar-refractivity contribution in [3.8, 4) is 0 Å². The van der Waals surface area contributed by atoms with Crippen molar-refractivity contribution in [1.82, 2.24) is 4.90 Å². The second-order valence-electron chi connectivity index (χ2n) is 6.48. The lowest BCUT2D eigenvalue weighted by Crippen LogP contribution is -2.42. The molecule has 1 aromatic carbocycles. The molecule has 2 aliphatic heterocycles. The van der Waals surface area contributed by atoms with Gasteiger partial charge in [-0.15, -0.1) is 0 Å². The van der Waals surface area contributed by atoms with Crippen molar-refractivity contribution >= 4 is 5.91 Å². The Bertz CT molecular complexity index is 574. The number of primary amides is 1. The van der Waals surface area contributed by atoms with Crippen molar-refractivity contribution in [2.24, 2.45) is 17.6 Å². The summed E-state index contributed by atoms with van der Waals surface area (Å²) in [5.41, 5.74) is 5.96. The van der Waals surface area contributed by atoms with Crippen LogP contribution >= 0.6 is 0 Å². The maximum atomic E-state index is 13.7. The molecule has 0 bridgehead atoms. The standard InChI is InChI=1S/C17H22F2N2O2/c18-13-2-1-12(15(19)9-13)10-21-6-3-11(4-7-21)16-14(17(20)22)5-8-23-16/h1-2,9,11,14,16H,3-8,10H2,(H2,20,22)/t14-,16+/m0/s1. The predicted octanol–water partition coefficient (Wildman–Crippen LogP) is 2.07. The van der Waals surface area contributed by atoms with Crippen molar-refractivity contribution in [1.29, 1.82) is 0 Å². The number of ether oxygens (including phenoxy) is 1. The minimum Gasteiger partial charge on any atom is -0.377 e. The number of nitrogens with two attached hydrogens (primary N) is 1. The average Bonchev–Trinajstić information content (AvgIpc) is 3.00. The van der Waals surface area contributed by atoms with Crippen molar-refractivity contribution in [2.75, 3.05) is 19.7 Å². The van der Waals surface area contributed by atoms with Crippen LogP contribution in [-0.4, -0.2) is 36.6 Å². The molecular formula is C17H22F2N2O2. The van der Waals surface area contributed by atoms with Gasteiger partial charge in [-0.25, -0.2) is 8.78 Å². The van der Waals surface area contributed by atoms with Gasteiger partial charge in [-0.1, -0.05) is 6.07 Å². The molecule has 2 atom stereocenters. The SMILES string of the molecule is NC(=O)[C@H]1CCO[C@@H]1C1CCN(Cc2ccc(F)cc2F)CC1. The van der Waals surface area contributed by atoms with Gasteiger partial charge in [-0.3, -0.25) is 9.69 Å². The molecule has 2 aliphatic rings. The second kappa shape index (κ2) is 6.93. The number of amides is 1. The van der Waals surface area contributed by atoms with Gasteiger partial charge in [0.1, 0.15) is 11.6 Å². The molecule has 0 aliphatic carbocycles. The van der Waals surface area contributed by atoms with Gasteiger partial charge in [0.25, 0.3) is 0 Å². The van der Waals surface area contributed by atoms with E-state index in [2.05, 4.69) is 4.90 Å². The van der Waals surface area contributed by atoms with Crippen molar-refractivity contribution in [2.45, 2.75) is 31.9 Å². The quantitative estimate of drug-likeness (QED) is 0.922. The third-order valence-corrected chi connectivity index (χ3v) is 5.01. The monoisotopic (exact) mass is 324 g/mol. The Hall–Kier alpha value is -1.53. The number of likely N-dealkylation sites (tertiary alicyclic amines) is 1. The Morgan fingerprint density at radius 1 is 1.26 bits per heavy atom. The molecule has 2 fully saturated rings. The highest BCUT2D eigenvalue weighted by Crippen LogP contribution is 2.33. The Morgan fingerprint density at radius 2 is 2.00 bits per heavy atom. The number of carbonyl (C=O) groups excluding carboxylic acids is 1. The summed E-state index contributed by atoms with van der Waals surface area (Å²) in [6.45, 7) is 2.70. The number of hydrogen-bond donors (Lipinski definition) is 1. The fourth-order valence-electron chi connectivity index (χ4n) is 3.71. The minimum absolute atomic E-state index is 0.0720. The van der Waals surface area contributed by atoms with Gasteiger partial charge in [-0.05, 0) is 44.3 Å². The fourth-order valence-corrected chi connectivity index (χ4v) is 3.71. The molecule has 0 spiro atoms. The van der Waals surface area contributed by atoms with Gasteiger partial charge in [0.2, 0.25) is 5.91 Å². The van der Waals surface area contributed by atoms with Crippen molar-refractivity contribution < 1.29 is 18.3 Å². The van der Waals surface area contributed by atoms with E-state index < -0.39 is 11.6 Å². The van der Waals surface area contributed by atoms with E-state index in [1.165, 1.54) is 12.1 Å². The van der Waals surface area contributed by atoms with E-state index in [0.29, 0.717) is 31.1 Å². The van der Waals surface area contributed by atoms with Gasteiger partial charge < -0.3 is 10.5 Å². The van der Waals surface area contributed by atoms with E-state index in [1.54, 1.807) is 0 Å². The van der Waals surface area contributed by atoms with Gasteiger partial charge >= 0.3 is 0 Å². The van der Waals surface area contributed by atoms with Crippen molar-refractivity contribution in [3.63, 3.8) is 0 Å². The molecule has 2 saturated heterocycles. The molecule has 1 aromatic rings. The molecule has 23 heavy (non-hydrogen) atoms. The maximum Gasteiger partial charge on any atom is 0.223 e. The van der Waals surface area contributed by atoms with Gasteiger partial charge in [0, 0.05) is 24.8 Å². The summed E-state index contributed by atoms with van der Waals surface area (Å²) < 4.78 is 32.4. The van der Waals surface area contributed by atoms with Crippen LogP contribution in [0.1, 0.15) is 24.8 Å². The summed E-state index contributed by atoms with van der Waals surface area (Å²) in [4.78, 5) is 13.6. The van der Waals surface area contributed by atoms with E-state index in [0.717, 1.165) is 32.0 Å². The first kappa shape index (κ1) is 16.3. The Balaban J connectivity index is 1.55. The Morgan fingerprint density at radius 3 is 2.65 bits per heavy atom. The van der Waals surface area contributed by atoms with Crippen LogP contribution < -0.4 is 5.73 Å². The van der Waals surface area contributed by atoms with Crippen LogP contribution in [-0.2, 0) is 16.1 Å². The van der Waals surface area contributed by atoms with E-state index in [-0.39, 0.29) is 17.9 Å². The largest absolute Gasteiger partial charge is 0.377 e. The summed E-state index contributed by atoms with van der Waals surface area (Å²) >= 11 is 0. The topological polar surface area (TPSA) is 55.6 Å². The molecule has 126 valence electrons. The number of nitrogens with zero attached hydrogens (tertiary/aromatic N) is 1. The number of hydrogen-bond acceptors (Lipinski definition) is 3. The first-order chi connectivity index (χ1) is 11.0. The third-order valence-electron chi connectivity index (χ3n) is 5.01. The molecule has 2 N–H and O–H groups in total. The van der Waals surface area contributed by atoms with Gasteiger partial charge in [0.15, 0.2) is 0 Å². The number of halogens is 2. The molecule has 0 unspecified atom stereocenters. The van der Waals surface area contributed by atoms with Crippen LogP contribution in [0.2, 0.25) is 0 Å². The fraction of sp³-hybridized carbons (Fsp3) is 0.588. The molecule has 4 nitrogen and oxygen atoms in total. The molecule has 1 amide bonds. The lowest BCUT2D eigenvalue weighted by Gasteiger charge is -2.35. The third kappa shape index (κ3) is 3.70. The second-order valence-corrected chi connectivity index (χ2v) is 6.48. The first-order valence-electron chi connectivity index (χ1n) is 8.12. The van der Waals surface area contributed by atoms with Crippen LogP contribution in [0.5, 0.6) is 0 Å². The lowest BCUT2D eigenvalue weighted by atomic mass is 9.84. The first-order valence-corrected chi connectivity index (χ1v) is 8.12. The van der Waals surface area contributed by atoms with E-state index >= 15 is 0 Å². The zero-order valence-corrected chi connectivity index (χ0v) is 13.0. The molecule has 0 saturated carbocycles. The normalized spacial score (nSPS) is 26.5. The van der Waals surface area contributed by atoms with Gasteiger partial charge in [-0.2, -0.15) is 0 Å². The van der Waals surface area contributed by atoms with E-state index in [9.17, 15) is 13.6 Å². The van der Waals surface area contributed by atoms with Gasteiger partial charge in [0.05, 0.1) is 12.0 Å². The van der Waals surface area contributed by atoms with Crippen LogP contribution in [0.25, 0.3) is 0 Å². The maximum absolute atomic E-state index is 13.7. The van der Waals surface area contributed by atoms with Crippen LogP contribution in [0.3, 0.4) is 0 Å². The van der Waals surface area contributed by atoms with Crippen LogP contribution in [0, 0.1) is 23.5 Å². The Kier molecular flexibility index (Phi) is 4.92. The number of benzene rings is 1. The number of rotatable bonds is 4. The van der Waals surface area contributed by atoms with Crippen molar-refractivity contribution in [3.05, 3.63) is 35.4 Å². The minimum atomic E-state index is -0.555. The molecule has 2 heterocycles. The molecule has 3 rings (SSSR count). The van der Waals surface area contributed by atoms with Crippen LogP contribution in [0.4, 0.5) is 8.78 Å². The molecule has 0 radical (unpaired) electrons. The lowest BCUT2D eigenvalue weighted by molar-refractivity contribution is -0.124. The Labute approximate surface area is 134 Å². The average molecular weight is 324 g/mol. The summed E-state index contributed by atoms with van der Waals surface area (Å²) in [6.07, 6.45) is 2.44. The molecule has 0 aromatic heterocycles. The smallest absolute Gasteiger partial charge is 0.223 e. The summed E-state index contributed by atoms with van der Waals surface area (Å²) in [5, 5.41) is 0. The number of carbonyl (C=O) groups is 1. The van der Waals surface area contributed by atoms with Crippen LogP contribution in [0.15, 0.2) is 18.2 Å². The summed E-state index contributed by atoms with van der Waals surface area (Å²) in [6, 6.07) is 3.71. The molecule has 6 heteroatoms.